The second-order valence-electron chi connectivity index (χ2n) is 3.81. The highest BCUT2D eigenvalue weighted by Gasteiger charge is 2.19. The van der Waals surface area contributed by atoms with Gasteiger partial charge in [-0.15, -0.1) is 0 Å². The summed E-state index contributed by atoms with van der Waals surface area (Å²) in [5, 5.41) is 0. The highest BCUT2D eigenvalue weighted by Crippen LogP contribution is 2.06. The molecule has 1 rings (SSSR count). The Labute approximate surface area is 90.7 Å². The van der Waals surface area contributed by atoms with Gasteiger partial charge in [0.25, 0.3) is 0 Å². The number of rotatable bonds is 3. The van der Waals surface area contributed by atoms with Crippen molar-refractivity contribution < 1.29 is 9.28 Å². The van der Waals surface area contributed by atoms with Gasteiger partial charge >= 0.3 is 5.91 Å². The monoisotopic (exact) mass is 202 g/mol. The van der Waals surface area contributed by atoms with Gasteiger partial charge in [-0.1, -0.05) is 36.9 Å². The predicted octanol–water partition coefficient (Wildman–Crippen LogP) is 2.45. The first kappa shape index (κ1) is 11.4. The number of hydrogen-bond donors (Lipinski definition) is 0. The van der Waals surface area contributed by atoms with Crippen molar-refractivity contribution in [3.63, 3.8) is 0 Å². The zero-order valence-electron chi connectivity index (χ0n) is 9.18. The lowest BCUT2D eigenvalue weighted by molar-refractivity contribution is -0.755. The van der Waals surface area contributed by atoms with E-state index in [9.17, 15) is 4.79 Å². The number of hydrogen-bond acceptors (Lipinski definition) is 1. The molecule has 1 aromatic carbocycles. The van der Waals surface area contributed by atoms with Gasteiger partial charge in [0, 0.05) is 6.08 Å². The van der Waals surface area contributed by atoms with Crippen molar-refractivity contribution in [1.82, 2.24) is 0 Å². The molecule has 0 atom stereocenters. The van der Waals surface area contributed by atoms with Gasteiger partial charge in [-0.05, 0) is 11.6 Å². The second kappa shape index (κ2) is 4.71. The quantitative estimate of drug-likeness (QED) is 0.543. The molecule has 0 aromatic heterocycles. The van der Waals surface area contributed by atoms with E-state index in [1.54, 1.807) is 0 Å². The number of quaternary nitrogens is 1. The first-order valence-electron chi connectivity index (χ1n) is 4.81. The summed E-state index contributed by atoms with van der Waals surface area (Å²) >= 11 is 0. The van der Waals surface area contributed by atoms with Crippen molar-refractivity contribution in [3.05, 3.63) is 54.8 Å². The van der Waals surface area contributed by atoms with Gasteiger partial charge in [0.15, 0.2) is 0 Å². The van der Waals surface area contributed by atoms with E-state index >= 15 is 0 Å². The van der Waals surface area contributed by atoms with Gasteiger partial charge in [0.05, 0.1) is 14.1 Å². The first-order chi connectivity index (χ1) is 7.06. The van der Waals surface area contributed by atoms with E-state index in [4.69, 9.17) is 0 Å². The Morgan fingerprint density at radius 2 is 1.87 bits per heavy atom. The first-order valence-corrected chi connectivity index (χ1v) is 4.81. The molecule has 2 nitrogen and oxygen atoms in total. The van der Waals surface area contributed by atoms with Gasteiger partial charge in [-0.25, -0.2) is 9.28 Å². The Balaban J connectivity index is 2.82. The molecule has 0 bridgehead atoms. The molecule has 0 N–H and O–H groups in total. The van der Waals surface area contributed by atoms with Gasteiger partial charge in [0.2, 0.25) is 0 Å². The molecule has 0 radical (unpaired) electrons. The Bertz CT molecular complexity index is 377. The Kier molecular flexibility index (Phi) is 3.58. The van der Waals surface area contributed by atoms with Crippen molar-refractivity contribution in [2.45, 2.75) is 0 Å². The van der Waals surface area contributed by atoms with E-state index in [0.29, 0.717) is 0 Å². The molecule has 0 aliphatic carbocycles. The lowest BCUT2D eigenvalue weighted by Gasteiger charge is -2.19. The van der Waals surface area contributed by atoms with Crippen LogP contribution in [0, 0.1) is 0 Å². The predicted molar refractivity (Wildman–Crippen MR) is 62.8 cm³/mol. The van der Waals surface area contributed by atoms with Crippen LogP contribution in [0.15, 0.2) is 49.2 Å². The van der Waals surface area contributed by atoms with Gasteiger partial charge < -0.3 is 0 Å². The molecule has 78 valence electrons. The molecule has 1 aromatic rings. The number of carbonyl (C=O) groups is 1. The Morgan fingerprint density at radius 3 is 2.40 bits per heavy atom. The molecular formula is C13H16NO+. The Morgan fingerprint density at radius 1 is 1.27 bits per heavy atom. The van der Waals surface area contributed by atoms with Crippen molar-refractivity contribution in [1.29, 1.82) is 0 Å². The van der Waals surface area contributed by atoms with Gasteiger partial charge in [0.1, 0.15) is 6.20 Å². The number of carbonyl (C=O) groups excluding carboxylic acids is 1. The van der Waals surface area contributed by atoms with Crippen LogP contribution < -0.4 is 0 Å². The summed E-state index contributed by atoms with van der Waals surface area (Å²) in [6.45, 7) is 3.48. The molecule has 0 saturated heterocycles. The molecule has 0 aliphatic heterocycles. The van der Waals surface area contributed by atoms with E-state index in [-0.39, 0.29) is 10.4 Å². The largest absolute Gasteiger partial charge is 0.342 e. The number of nitrogens with zero attached hydrogens (tertiary/aromatic N) is 1. The SMILES string of the molecule is C=CC(=O)[N+](C)(C)C=Cc1ccccc1. The van der Waals surface area contributed by atoms with Crippen molar-refractivity contribution in [2.75, 3.05) is 14.1 Å². The van der Waals surface area contributed by atoms with Crippen molar-refractivity contribution in [2.24, 2.45) is 0 Å². The maximum atomic E-state index is 11.5. The van der Waals surface area contributed by atoms with Crippen LogP contribution in [0.25, 0.3) is 6.08 Å². The highest BCUT2D eigenvalue weighted by molar-refractivity contribution is 5.81. The summed E-state index contributed by atoms with van der Waals surface area (Å²) in [6.07, 6.45) is 5.12. The fourth-order valence-corrected chi connectivity index (χ4v) is 1.15. The molecule has 2 heteroatoms. The maximum Gasteiger partial charge on any atom is 0.342 e. The number of likely N-dealkylation sites (N-methyl/N-ethyl adjacent to an activating group) is 1. The molecule has 1 amide bonds. The zero-order chi connectivity index (χ0) is 11.3. The average molecular weight is 202 g/mol. The fraction of sp³-hybridized carbons (Fsp3) is 0.154. The third kappa shape index (κ3) is 3.18. The summed E-state index contributed by atoms with van der Waals surface area (Å²) < 4.78 is 0.179. The lowest BCUT2D eigenvalue weighted by Crippen LogP contribution is -2.38. The summed E-state index contributed by atoms with van der Waals surface area (Å²) in [5.74, 6) is -0.0258. The topological polar surface area (TPSA) is 17.1 Å². The molecular weight excluding hydrogens is 186 g/mol. The summed E-state index contributed by atoms with van der Waals surface area (Å²) in [4.78, 5) is 11.5. The molecule has 0 unspecified atom stereocenters. The smallest absolute Gasteiger partial charge is 0.236 e. The van der Waals surface area contributed by atoms with E-state index in [1.807, 2.05) is 56.7 Å². The summed E-state index contributed by atoms with van der Waals surface area (Å²) in [5.41, 5.74) is 1.08. The molecule has 0 fully saturated rings. The number of amides is 1. The van der Waals surface area contributed by atoms with Crippen LogP contribution in [0.2, 0.25) is 0 Å². The molecule has 0 heterocycles. The van der Waals surface area contributed by atoms with Crippen LogP contribution in [0.5, 0.6) is 0 Å². The van der Waals surface area contributed by atoms with Crippen LogP contribution in [-0.2, 0) is 4.79 Å². The van der Waals surface area contributed by atoms with Gasteiger partial charge in [-0.2, -0.15) is 0 Å². The third-order valence-electron chi connectivity index (χ3n) is 2.18. The van der Waals surface area contributed by atoms with Crippen LogP contribution in [-0.4, -0.2) is 24.5 Å². The fourth-order valence-electron chi connectivity index (χ4n) is 1.15. The normalized spacial score (nSPS) is 11.6. The van der Waals surface area contributed by atoms with Crippen molar-refractivity contribution >= 4 is 12.0 Å². The minimum Gasteiger partial charge on any atom is -0.236 e. The lowest BCUT2D eigenvalue weighted by atomic mass is 10.2. The van der Waals surface area contributed by atoms with Crippen molar-refractivity contribution in [3.8, 4) is 0 Å². The summed E-state index contributed by atoms with van der Waals surface area (Å²) in [7, 11) is 3.65. The standard InChI is InChI=1S/C13H16NO/c1-4-13(15)14(2,3)11-10-12-8-6-5-7-9-12/h4-11H,1H2,2-3H3/q+1. The summed E-state index contributed by atoms with van der Waals surface area (Å²) in [6, 6.07) is 9.89. The van der Waals surface area contributed by atoms with E-state index in [2.05, 4.69) is 6.58 Å². The minimum atomic E-state index is -0.0258. The minimum absolute atomic E-state index is 0.0258. The molecule has 0 aliphatic rings. The average Bonchev–Trinajstić information content (AvgIpc) is 2.27. The second-order valence-corrected chi connectivity index (χ2v) is 3.81. The maximum absolute atomic E-state index is 11.5. The highest BCUT2D eigenvalue weighted by atomic mass is 16.2. The van der Waals surface area contributed by atoms with Crippen LogP contribution >= 0.6 is 0 Å². The molecule has 15 heavy (non-hydrogen) atoms. The number of benzene rings is 1. The van der Waals surface area contributed by atoms with E-state index in [1.165, 1.54) is 6.08 Å². The van der Waals surface area contributed by atoms with Crippen LogP contribution in [0.3, 0.4) is 0 Å². The Hall–Kier alpha value is -1.67. The van der Waals surface area contributed by atoms with E-state index < -0.39 is 0 Å². The molecule has 0 saturated carbocycles. The van der Waals surface area contributed by atoms with E-state index in [0.717, 1.165) is 5.56 Å². The zero-order valence-corrected chi connectivity index (χ0v) is 9.18. The van der Waals surface area contributed by atoms with Crippen LogP contribution in [0.4, 0.5) is 0 Å². The third-order valence-corrected chi connectivity index (χ3v) is 2.18. The molecule has 0 spiro atoms. The van der Waals surface area contributed by atoms with Crippen LogP contribution in [0.1, 0.15) is 5.56 Å². The van der Waals surface area contributed by atoms with Gasteiger partial charge in [-0.3, -0.25) is 0 Å².